The van der Waals surface area contributed by atoms with Crippen molar-refractivity contribution < 1.29 is 4.39 Å². The SMILES string of the molecule is Fc1[nH]nc2ccc(/C(=C(/c3ccncc3Cl)C3CC3)c3ccccc3)cc12. The lowest BCUT2D eigenvalue weighted by atomic mass is 9.87. The number of halogens is 2. The van der Waals surface area contributed by atoms with Crippen molar-refractivity contribution in [2.75, 3.05) is 0 Å². The zero-order chi connectivity index (χ0) is 19.1. The highest BCUT2D eigenvalue weighted by Crippen LogP contribution is 2.49. The zero-order valence-electron chi connectivity index (χ0n) is 15.0. The molecule has 1 N–H and O–H groups in total. The van der Waals surface area contributed by atoms with Crippen LogP contribution in [-0.2, 0) is 0 Å². The van der Waals surface area contributed by atoms with E-state index in [0.717, 1.165) is 35.1 Å². The number of allylic oxidation sites excluding steroid dienone is 1. The van der Waals surface area contributed by atoms with Gasteiger partial charge in [0.25, 0.3) is 0 Å². The quantitative estimate of drug-likeness (QED) is 0.456. The van der Waals surface area contributed by atoms with Gasteiger partial charge in [0.05, 0.1) is 15.9 Å². The van der Waals surface area contributed by atoms with Gasteiger partial charge in [-0.05, 0) is 59.2 Å². The fourth-order valence-electron chi connectivity index (χ4n) is 3.74. The number of nitrogens with one attached hydrogen (secondary N) is 1. The fourth-order valence-corrected chi connectivity index (χ4v) is 3.96. The third-order valence-electron chi connectivity index (χ3n) is 5.18. The molecule has 0 spiro atoms. The number of aromatic nitrogens is 3. The van der Waals surface area contributed by atoms with Crippen molar-refractivity contribution in [2.24, 2.45) is 5.92 Å². The summed E-state index contributed by atoms with van der Waals surface area (Å²) in [7, 11) is 0. The van der Waals surface area contributed by atoms with Crippen LogP contribution < -0.4 is 0 Å². The summed E-state index contributed by atoms with van der Waals surface area (Å²) < 4.78 is 14.2. The van der Waals surface area contributed by atoms with Gasteiger partial charge >= 0.3 is 0 Å². The Morgan fingerprint density at radius 1 is 1.04 bits per heavy atom. The molecule has 0 atom stereocenters. The van der Waals surface area contributed by atoms with Gasteiger partial charge in [0.15, 0.2) is 0 Å². The zero-order valence-corrected chi connectivity index (χ0v) is 15.7. The van der Waals surface area contributed by atoms with Crippen molar-refractivity contribution in [3.63, 3.8) is 0 Å². The van der Waals surface area contributed by atoms with E-state index in [1.54, 1.807) is 12.4 Å². The molecule has 0 saturated heterocycles. The van der Waals surface area contributed by atoms with Crippen LogP contribution in [0.3, 0.4) is 0 Å². The molecule has 2 heterocycles. The molecular formula is C23H17ClFN3. The van der Waals surface area contributed by atoms with E-state index in [-0.39, 0.29) is 0 Å². The van der Waals surface area contributed by atoms with Crippen molar-refractivity contribution >= 4 is 33.7 Å². The predicted molar refractivity (Wildman–Crippen MR) is 110 cm³/mol. The van der Waals surface area contributed by atoms with Crippen LogP contribution in [0.4, 0.5) is 4.39 Å². The summed E-state index contributed by atoms with van der Waals surface area (Å²) >= 11 is 6.54. The molecule has 2 aromatic heterocycles. The Morgan fingerprint density at radius 3 is 2.61 bits per heavy atom. The minimum atomic E-state index is -0.417. The molecule has 1 fully saturated rings. The Hall–Kier alpha value is -2.98. The predicted octanol–water partition coefficient (Wildman–Crippen LogP) is 6.12. The third-order valence-corrected chi connectivity index (χ3v) is 5.48. The second-order valence-electron chi connectivity index (χ2n) is 7.05. The molecule has 3 nitrogen and oxygen atoms in total. The normalized spacial score (nSPS) is 14.9. The lowest BCUT2D eigenvalue weighted by molar-refractivity contribution is 0.588. The molecule has 0 unspecified atom stereocenters. The van der Waals surface area contributed by atoms with E-state index >= 15 is 0 Å². The monoisotopic (exact) mass is 389 g/mol. The summed E-state index contributed by atoms with van der Waals surface area (Å²) in [4.78, 5) is 4.14. The van der Waals surface area contributed by atoms with Gasteiger partial charge in [0, 0.05) is 18.0 Å². The van der Waals surface area contributed by atoms with Crippen LogP contribution in [0.25, 0.3) is 22.0 Å². The van der Waals surface area contributed by atoms with Crippen molar-refractivity contribution in [1.29, 1.82) is 0 Å². The molecule has 0 aliphatic heterocycles. The molecule has 2 aromatic carbocycles. The van der Waals surface area contributed by atoms with Gasteiger partial charge in [-0.3, -0.25) is 10.1 Å². The highest BCUT2D eigenvalue weighted by molar-refractivity contribution is 6.32. The Balaban J connectivity index is 1.84. The number of rotatable bonds is 4. The van der Waals surface area contributed by atoms with Gasteiger partial charge in [-0.15, -0.1) is 0 Å². The fraction of sp³-hybridized carbons (Fsp3) is 0.130. The number of hydrogen-bond donors (Lipinski definition) is 1. The minimum absolute atomic E-state index is 0.417. The molecule has 28 heavy (non-hydrogen) atoms. The second kappa shape index (κ2) is 6.88. The molecular weight excluding hydrogens is 373 g/mol. The molecule has 4 aromatic rings. The largest absolute Gasteiger partial charge is 0.263 e. The summed E-state index contributed by atoms with van der Waals surface area (Å²) in [5.74, 6) is 0.0131. The van der Waals surface area contributed by atoms with Gasteiger partial charge in [-0.2, -0.15) is 9.49 Å². The third kappa shape index (κ3) is 3.00. The first kappa shape index (κ1) is 17.1. The molecule has 138 valence electrons. The number of H-pyrrole nitrogens is 1. The van der Waals surface area contributed by atoms with E-state index in [9.17, 15) is 4.39 Å². The Bertz CT molecular complexity index is 1190. The number of aromatic amines is 1. The molecule has 1 saturated carbocycles. The van der Waals surface area contributed by atoms with Crippen molar-refractivity contribution in [3.05, 3.63) is 94.7 Å². The minimum Gasteiger partial charge on any atom is -0.263 e. The van der Waals surface area contributed by atoms with E-state index in [4.69, 9.17) is 11.6 Å². The lowest BCUT2D eigenvalue weighted by Crippen LogP contribution is -1.98. The number of benzene rings is 2. The lowest BCUT2D eigenvalue weighted by Gasteiger charge is -2.18. The molecule has 0 radical (unpaired) electrons. The Morgan fingerprint density at radius 2 is 1.86 bits per heavy atom. The van der Waals surface area contributed by atoms with Gasteiger partial charge in [-0.1, -0.05) is 48.0 Å². The van der Waals surface area contributed by atoms with Crippen LogP contribution in [0.2, 0.25) is 5.02 Å². The van der Waals surface area contributed by atoms with Crippen molar-refractivity contribution in [1.82, 2.24) is 15.2 Å². The maximum absolute atomic E-state index is 14.2. The van der Waals surface area contributed by atoms with E-state index in [1.165, 1.54) is 5.57 Å². The van der Waals surface area contributed by atoms with Gasteiger partial charge in [0.2, 0.25) is 5.95 Å². The maximum atomic E-state index is 14.2. The van der Waals surface area contributed by atoms with Gasteiger partial charge in [-0.25, -0.2) is 0 Å². The summed E-state index contributed by atoms with van der Waals surface area (Å²) in [5, 5.41) is 7.56. The molecule has 1 aliphatic carbocycles. The van der Waals surface area contributed by atoms with Crippen LogP contribution in [0, 0.1) is 11.9 Å². The molecule has 5 rings (SSSR count). The first-order valence-electron chi connectivity index (χ1n) is 9.26. The van der Waals surface area contributed by atoms with Gasteiger partial charge in [0.1, 0.15) is 0 Å². The number of fused-ring (bicyclic) bond motifs is 1. The first-order chi connectivity index (χ1) is 13.7. The van der Waals surface area contributed by atoms with Crippen molar-refractivity contribution in [3.8, 4) is 0 Å². The average molecular weight is 390 g/mol. The number of nitrogens with zero attached hydrogens (tertiary/aromatic N) is 2. The van der Waals surface area contributed by atoms with Crippen LogP contribution in [0.1, 0.15) is 29.5 Å². The summed E-state index contributed by atoms with van der Waals surface area (Å²) in [6.07, 6.45) is 5.69. The number of hydrogen-bond acceptors (Lipinski definition) is 2. The summed E-state index contributed by atoms with van der Waals surface area (Å²) in [5.41, 5.74) is 5.92. The Labute approximate surface area is 166 Å². The number of pyridine rings is 1. The standard InChI is InChI=1S/C23H17ClFN3/c24-19-13-26-11-10-17(19)22(15-6-7-15)21(14-4-2-1-3-5-14)16-8-9-20-18(12-16)23(25)28-27-20/h1-5,8-13,15H,6-7H2,(H,27,28)/b22-21+. The second-order valence-corrected chi connectivity index (χ2v) is 7.46. The van der Waals surface area contributed by atoms with Gasteiger partial charge < -0.3 is 0 Å². The van der Waals surface area contributed by atoms with E-state index in [2.05, 4.69) is 27.3 Å². The van der Waals surface area contributed by atoms with Crippen LogP contribution >= 0.6 is 11.6 Å². The van der Waals surface area contributed by atoms with Crippen molar-refractivity contribution in [2.45, 2.75) is 12.8 Å². The van der Waals surface area contributed by atoms with E-state index in [0.29, 0.717) is 21.8 Å². The first-order valence-corrected chi connectivity index (χ1v) is 9.63. The molecule has 5 heteroatoms. The molecule has 1 aliphatic rings. The summed E-state index contributed by atoms with van der Waals surface area (Å²) in [6, 6.07) is 17.9. The topological polar surface area (TPSA) is 41.6 Å². The Kier molecular flexibility index (Phi) is 4.21. The smallest absolute Gasteiger partial charge is 0.216 e. The highest BCUT2D eigenvalue weighted by atomic mass is 35.5. The van der Waals surface area contributed by atoms with Crippen LogP contribution in [0.15, 0.2) is 67.0 Å². The van der Waals surface area contributed by atoms with E-state index in [1.807, 2.05) is 42.5 Å². The molecule has 0 amide bonds. The average Bonchev–Trinajstić information content (AvgIpc) is 3.50. The van der Waals surface area contributed by atoms with E-state index < -0.39 is 5.95 Å². The highest BCUT2D eigenvalue weighted by Gasteiger charge is 2.31. The maximum Gasteiger partial charge on any atom is 0.216 e. The van der Waals surface area contributed by atoms with Crippen LogP contribution in [-0.4, -0.2) is 15.2 Å². The summed E-state index contributed by atoms with van der Waals surface area (Å²) in [6.45, 7) is 0. The van der Waals surface area contributed by atoms with Crippen LogP contribution in [0.5, 0.6) is 0 Å². The molecule has 0 bridgehead atoms.